The van der Waals surface area contributed by atoms with Gasteiger partial charge in [-0.3, -0.25) is 4.79 Å². The molecule has 4 nitrogen and oxygen atoms in total. The van der Waals surface area contributed by atoms with E-state index >= 15 is 0 Å². The van der Waals surface area contributed by atoms with Crippen LogP contribution in [0.3, 0.4) is 0 Å². The summed E-state index contributed by atoms with van der Waals surface area (Å²) in [6.45, 7) is 0.591. The van der Waals surface area contributed by atoms with Crippen molar-refractivity contribution in [3.05, 3.63) is 35.9 Å². The van der Waals surface area contributed by atoms with Gasteiger partial charge < -0.3 is 15.1 Å². The Morgan fingerprint density at radius 2 is 2.00 bits per heavy atom. The number of carbonyl (C=O) groups excluding carboxylic acids is 1. The molecular formula is C17H23NO3. The highest BCUT2D eigenvalue weighted by molar-refractivity contribution is 5.78. The average Bonchev–Trinajstić information content (AvgIpc) is 2.80. The van der Waals surface area contributed by atoms with Gasteiger partial charge in [0.05, 0.1) is 24.2 Å². The molecule has 1 aliphatic heterocycles. The summed E-state index contributed by atoms with van der Waals surface area (Å²) in [5.41, 5.74) is 0.339. The number of likely N-dealkylation sites (tertiary alicyclic amines) is 1. The molecule has 1 heterocycles. The van der Waals surface area contributed by atoms with E-state index in [1.165, 1.54) is 0 Å². The molecule has 1 aromatic carbocycles. The average molecular weight is 289 g/mol. The third-order valence-electron chi connectivity index (χ3n) is 4.88. The summed E-state index contributed by atoms with van der Waals surface area (Å²) in [5.74, 6) is -0.0188. The molecule has 0 radical (unpaired) electrons. The van der Waals surface area contributed by atoms with Crippen molar-refractivity contribution in [2.75, 3.05) is 6.54 Å². The van der Waals surface area contributed by atoms with Crippen LogP contribution in [0.5, 0.6) is 0 Å². The highest BCUT2D eigenvalue weighted by atomic mass is 16.3. The number of carbonyl (C=O) groups is 1. The lowest BCUT2D eigenvalue weighted by molar-refractivity contribution is -0.142. The van der Waals surface area contributed by atoms with Crippen molar-refractivity contribution in [2.24, 2.45) is 0 Å². The van der Waals surface area contributed by atoms with Gasteiger partial charge in [0, 0.05) is 6.54 Å². The number of hydrogen-bond acceptors (Lipinski definition) is 3. The first-order valence-electron chi connectivity index (χ1n) is 7.81. The SMILES string of the molecule is O=C(CC1(O)CCC1)N1CC[C@H](O)[C@@H]1Cc1ccccc1. The molecular weight excluding hydrogens is 266 g/mol. The summed E-state index contributed by atoms with van der Waals surface area (Å²) in [4.78, 5) is 14.2. The lowest BCUT2D eigenvalue weighted by atomic mass is 9.77. The van der Waals surface area contributed by atoms with E-state index in [1.807, 2.05) is 30.3 Å². The minimum Gasteiger partial charge on any atom is -0.391 e. The molecule has 1 aliphatic carbocycles. The second-order valence-corrected chi connectivity index (χ2v) is 6.45. The van der Waals surface area contributed by atoms with Gasteiger partial charge in [-0.2, -0.15) is 0 Å². The van der Waals surface area contributed by atoms with Gasteiger partial charge >= 0.3 is 0 Å². The predicted octanol–water partition coefficient (Wildman–Crippen LogP) is 1.50. The molecule has 2 atom stereocenters. The number of aliphatic hydroxyl groups is 2. The molecule has 21 heavy (non-hydrogen) atoms. The molecule has 1 aromatic rings. The van der Waals surface area contributed by atoms with E-state index < -0.39 is 11.7 Å². The summed E-state index contributed by atoms with van der Waals surface area (Å²) in [6, 6.07) is 9.78. The fourth-order valence-corrected chi connectivity index (χ4v) is 3.39. The number of aliphatic hydroxyl groups excluding tert-OH is 1. The zero-order chi connectivity index (χ0) is 14.9. The first-order chi connectivity index (χ1) is 10.1. The fraction of sp³-hybridized carbons (Fsp3) is 0.588. The lowest BCUT2D eigenvalue weighted by Crippen LogP contribution is -2.47. The molecule has 0 aromatic heterocycles. The minimum atomic E-state index is -0.790. The van der Waals surface area contributed by atoms with Gasteiger partial charge in [0.1, 0.15) is 0 Å². The Hall–Kier alpha value is -1.39. The number of rotatable bonds is 4. The first-order valence-corrected chi connectivity index (χ1v) is 7.81. The van der Waals surface area contributed by atoms with Crippen LogP contribution in [0.2, 0.25) is 0 Å². The third kappa shape index (κ3) is 3.11. The Bertz CT molecular complexity index is 498. The van der Waals surface area contributed by atoms with Crippen LogP contribution >= 0.6 is 0 Å². The summed E-state index contributed by atoms with van der Waals surface area (Å²) in [6.07, 6.45) is 3.47. The summed E-state index contributed by atoms with van der Waals surface area (Å²) in [7, 11) is 0. The standard InChI is InChI=1S/C17H23NO3/c19-15-7-10-18(16(20)12-17(21)8-4-9-17)14(15)11-13-5-2-1-3-6-13/h1-3,5-6,14-15,19,21H,4,7-12H2/t14-,15-/m0/s1. The highest BCUT2D eigenvalue weighted by Gasteiger charge is 2.41. The van der Waals surface area contributed by atoms with Crippen molar-refractivity contribution in [3.8, 4) is 0 Å². The van der Waals surface area contributed by atoms with E-state index in [9.17, 15) is 15.0 Å². The molecule has 1 saturated carbocycles. The minimum absolute atomic E-state index is 0.0188. The van der Waals surface area contributed by atoms with Crippen LogP contribution in [0.15, 0.2) is 30.3 Å². The van der Waals surface area contributed by atoms with Gasteiger partial charge in [0.15, 0.2) is 0 Å². The van der Waals surface area contributed by atoms with Crippen molar-refractivity contribution in [3.63, 3.8) is 0 Å². The number of nitrogens with zero attached hydrogens (tertiary/aromatic N) is 1. The van der Waals surface area contributed by atoms with Crippen molar-refractivity contribution in [1.29, 1.82) is 0 Å². The molecule has 2 N–H and O–H groups in total. The maximum atomic E-state index is 12.5. The summed E-state index contributed by atoms with van der Waals surface area (Å²) >= 11 is 0. The van der Waals surface area contributed by atoms with E-state index in [2.05, 4.69) is 0 Å². The number of hydrogen-bond donors (Lipinski definition) is 2. The van der Waals surface area contributed by atoms with E-state index in [0.29, 0.717) is 19.4 Å². The molecule has 4 heteroatoms. The van der Waals surface area contributed by atoms with Gasteiger partial charge in [-0.1, -0.05) is 30.3 Å². The normalized spacial score (nSPS) is 27.4. The first kappa shape index (κ1) is 14.5. The van der Waals surface area contributed by atoms with Crippen LogP contribution in [0.25, 0.3) is 0 Å². The zero-order valence-corrected chi connectivity index (χ0v) is 12.2. The quantitative estimate of drug-likeness (QED) is 0.883. The van der Waals surface area contributed by atoms with E-state index in [1.54, 1.807) is 4.90 Å². The molecule has 1 amide bonds. The molecule has 114 valence electrons. The zero-order valence-electron chi connectivity index (χ0n) is 12.2. The Kier molecular flexibility index (Phi) is 4.00. The molecule has 0 unspecified atom stereocenters. The van der Waals surface area contributed by atoms with Crippen LogP contribution in [-0.4, -0.2) is 45.3 Å². The molecule has 0 bridgehead atoms. The third-order valence-corrected chi connectivity index (χ3v) is 4.88. The lowest BCUT2D eigenvalue weighted by Gasteiger charge is -2.38. The Labute approximate surface area is 125 Å². The fourth-order valence-electron chi connectivity index (χ4n) is 3.39. The molecule has 2 fully saturated rings. The van der Waals surface area contributed by atoms with Crippen molar-refractivity contribution in [2.45, 2.75) is 56.3 Å². The summed E-state index contributed by atoms with van der Waals surface area (Å²) in [5, 5.41) is 20.4. The molecule has 1 saturated heterocycles. The monoisotopic (exact) mass is 289 g/mol. The smallest absolute Gasteiger partial charge is 0.225 e. The van der Waals surface area contributed by atoms with Crippen molar-refractivity contribution in [1.82, 2.24) is 4.90 Å². The van der Waals surface area contributed by atoms with Crippen LogP contribution < -0.4 is 0 Å². The molecule has 3 rings (SSSR count). The van der Waals surface area contributed by atoms with E-state index in [-0.39, 0.29) is 18.4 Å². The summed E-state index contributed by atoms with van der Waals surface area (Å²) < 4.78 is 0. The van der Waals surface area contributed by atoms with Gasteiger partial charge in [-0.15, -0.1) is 0 Å². The van der Waals surface area contributed by atoms with Crippen LogP contribution in [0.4, 0.5) is 0 Å². The Morgan fingerprint density at radius 1 is 1.29 bits per heavy atom. The maximum absolute atomic E-state index is 12.5. The Balaban J connectivity index is 1.67. The Morgan fingerprint density at radius 3 is 2.62 bits per heavy atom. The van der Waals surface area contributed by atoms with Gasteiger partial charge in [0.25, 0.3) is 0 Å². The van der Waals surface area contributed by atoms with Gasteiger partial charge in [0.2, 0.25) is 5.91 Å². The van der Waals surface area contributed by atoms with E-state index in [4.69, 9.17) is 0 Å². The largest absolute Gasteiger partial charge is 0.391 e. The molecule has 0 spiro atoms. The van der Waals surface area contributed by atoms with Crippen LogP contribution in [0, 0.1) is 0 Å². The number of benzene rings is 1. The number of amides is 1. The van der Waals surface area contributed by atoms with Crippen molar-refractivity contribution < 1.29 is 15.0 Å². The van der Waals surface area contributed by atoms with Crippen LogP contribution in [-0.2, 0) is 11.2 Å². The second kappa shape index (κ2) is 5.78. The topological polar surface area (TPSA) is 60.8 Å². The van der Waals surface area contributed by atoms with Gasteiger partial charge in [-0.25, -0.2) is 0 Å². The van der Waals surface area contributed by atoms with Crippen LogP contribution in [0.1, 0.15) is 37.7 Å². The van der Waals surface area contributed by atoms with E-state index in [0.717, 1.165) is 24.8 Å². The second-order valence-electron chi connectivity index (χ2n) is 6.45. The maximum Gasteiger partial charge on any atom is 0.225 e. The van der Waals surface area contributed by atoms with Gasteiger partial charge in [-0.05, 0) is 37.7 Å². The highest BCUT2D eigenvalue weighted by Crippen LogP contribution is 2.36. The predicted molar refractivity (Wildman–Crippen MR) is 79.7 cm³/mol. The van der Waals surface area contributed by atoms with Crippen molar-refractivity contribution >= 4 is 5.91 Å². The molecule has 2 aliphatic rings.